The van der Waals surface area contributed by atoms with Crippen LogP contribution in [0.2, 0.25) is 0 Å². The fraction of sp³-hybridized carbons (Fsp3) is 0.375. The first-order chi connectivity index (χ1) is 9.20. The van der Waals surface area contributed by atoms with E-state index in [1.54, 1.807) is 13.0 Å². The number of hydrogen-bond donors (Lipinski definition) is 0. The molecule has 2 rings (SSSR count). The molecule has 0 aliphatic heterocycles. The van der Waals surface area contributed by atoms with Crippen molar-refractivity contribution >= 4 is 17.3 Å². The highest BCUT2D eigenvalue weighted by molar-refractivity contribution is 5.94. The van der Waals surface area contributed by atoms with Crippen molar-refractivity contribution in [2.45, 2.75) is 26.2 Å². The van der Waals surface area contributed by atoms with Crippen LogP contribution in [0.1, 0.15) is 31.7 Å². The van der Waals surface area contributed by atoms with Crippen LogP contribution in [0.5, 0.6) is 0 Å². The predicted molar refractivity (Wildman–Crippen MR) is 73.4 cm³/mol. The Morgan fingerprint density at radius 2 is 2.11 bits per heavy atom. The summed E-state index contributed by atoms with van der Waals surface area (Å²) in [4.78, 5) is 23.1. The lowest BCUT2D eigenvalue weighted by Crippen LogP contribution is -2.06. The molecule has 100 valence electrons. The third kappa shape index (κ3) is 3.53. The summed E-state index contributed by atoms with van der Waals surface area (Å²) in [5.41, 5.74) is 1.92. The second-order valence-corrected chi connectivity index (χ2v) is 4.70. The molecule has 1 saturated carbocycles. The Kier molecular flexibility index (Phi) is 4.50. The van der Waals surface area contributed by atoms with Crippen LogP contribution in [0.25, 0.3) is 5.57 Å². The summed E-state index contributed by atoms with van der Waals surface area (Å²) in [5, 5.41) is 0. The van der Waals surface area contributed by atoms with Crippen molar-refractivity contribution in [1.29, 1.82) is 0 Å². The average Bonchev–Trinajstić information content (AvgIpc) is 2.84. The number of hydrogen-bond acceptors (Lipinski definition) is 3. The molecule has 1 aliphatic carbocycles. The van der Waals surface area contributed by atoms with E-state index in [-0.39, 0.29) is 17.7 Å². The number of carbonyl (C=O) groups is 2. The third-order valence-electron chi connectivity index (χ3n) is 3.35. The molecule has 0 unspecified atom stereocenters. The first-order valence-corrected chi connectivity index (χ1v) is 6.66. The van der Waals surface area contributed by atoms with Gasteiger partial charge < -0.3 is 4.74 Å². The fourth-order valence-electron chi connectivity index (χ4n) is 2.46. The number of ether oxygens (including phenoxy) is 1. The standard InChI is InChI=1S/C16H18O3/c1-2-19-16(18)11-15(12-6-4-3-5-7-12)13-8-9-14(17)10-13/h3-7,11,13H,2,8-10H2,1H3/b15-11+/t13-/m0/s1. The number of allylic oxidation sites excluding steroid dienone is 1. The number of ketones is 1. The van der Waals surface area contributed by atoms with Crippen LogP contribution in [0.15, 0.2) is 36.4 Å². The molecular formula is C16H18O3. The molecule has 19 heavy (non-hydrogen) atoms. The van der Waals surface area contributed by atoms with Gasteiger partial charge in [-0.15, -0.1) is 0 Å². The Labute approximate surface area is 113 Å². The summed E-state index contributed by atoms with van der Waals surface area (Å²) < 4.78 is 4.98. The summed E-state index contributed by atoms with van der Waals surface area (Å²) in [6.07, 6.45) is 3.50. The molecule has 0 amide bonds. The summed E-state index contributed by atoms with van der Waals surface area (Å²) >= 11 is 0. The van der Waals surface area contributed by atoms with Crippen LogP contribution in [0, 0.1) is 5.92 Å². The van der Waals surface area contributed by atoms with Gasteiger partial charge in [-0.25, -0.2) is 4.79 Å². The maximum atomic E-state index is 11.7. The quantitative estimate of drug-likeness (QED) is 0.616. The fourth-order valence-corrected chi connectivity index (χ4v) is 2.46. The van der Waals surface area contributed by atoms with Gasteiger partial charge in [0.2, 0.25) is 0 Å². The molecule has 0 spiro atoms. The van der Waals surface area contributed by atoms with Gasteiger partial charge >= 0.3 is 5.97 Å². The summed E-state index contributed by atoms with van der Waals surface area (Å²) in [6, 6.07) is 9.74. The number of esters is 1. The zero-order valence-electron chi connectivity index (χ0n) is 11.1. The minimum Gasteiger partial charge on any atom is -0.463 e. The first-order valence-electron chi connectivity index (χ1n) is 6.66. The van der Waals surface area contributed by atoms with E-state index in [9.17, 15) is 9.59 Å². The topological polar surface area (TPSA) is 43.4 Å². The Balaban J connectivity index is 2.28. The molecule has 0 bridgehead atoms. The number of carbonyl (C=O) groups excluding carboxylic acids is 2. The smallest absolute Gasteiger partial charge is 0.331 e. The molecule has 1 fully saturated rings. The normalized spacial score (nSPS) is 19.5. The third-order valence-corrected chi connectivity index (χ3v) is 3.35. The van der Waals surface area contributed by atoms with E-state index in [1.807, 2.05) is 30.3 Å². The van der Waals surface area contributed by atoms with Gasteiger partial charge in [0.25, 0.3) is 0 Å². The van der Waals surface area contributed by atoms with Crippen LogP contribution in [0.4, 0.5) is 0 Å². The highest BCUT2D eigenvalue weighted by Gasteiger charge is 2.26. The molecule has 3 heteroatoms. The van der Waals surface area contributed by atoms with Crippen LogP contribution in [-0.4, -0.2) is 18.4 Å². The largest absolute Gasteiger partial charge is 0.463 e. The Morgan fingerprint density at radius 1 is 1.37 bits per heavy atom. The first kappa shape index (κ1) is 13.5. The van der Waals surface area contributed by atoms with E-state index in [0.29, 0.717) is 19.4 Å². The summed E-state index contributed by atoms with van der Waals surface area (Å²) in [5.74, 6) is 0.0794. The maximum Gasteiger partial charge on any atom is 0.331 e. The highest BCUT2D eigenvalue weighted by Crippen LogP contribution is 2.34. The zero-order chi connectivity index (χ0) is 13.7. The molecule has 0 N–H and O–H groups in total. The van der Waals surface area contributed by atoms with Gasteiger partial charge in [-0.05, 0) is 30.4 Å². The molecule has 3 nitrogen and oxygen atoms in total. The number of Topliss-reactive ketones (excluding diaryl/α,β-unsaturated/α-hetero) is 1. The van der Waals surface area contributed by atoms with Crippen LogP contribution in [0.3, 0.4) is 0 Å². The molecule has 0 heterocycles. The highest BCUT2D eigenvalue weighted by atomic mass is 16.5. The van der Waals surface area contributed by atoms with E-state index >= 15 is 0 Å². The molecule has 0 radical (unpaired) electrons. The van der Waals surface area contributed by atoms with Gasteiger partial charge in [-0.2, -0.15) is 0 Å². The lowest BCUT2D eigenvalue weighted by molar-refractivity contribution is -0.137. The van der Waals surface area contributed by atoms with Crippen molar-refractivity contribution in [3.63, 3.8) is 0 Å². The predicted octanol–water partition coefficient (Wildman–Crippen LogP) is 3.00. The van der Waals surface area contributed by atoms with Crippen LogP contribution >= 0.6 is 0 Å². The molecule has 1 atom stereocenters. The minimum atomic E-state index is -0.333. The second-order valence-electron chi connectivity index (χ2n) is 4.70. The van der Waals surface area contributed by atoms with Gasteiger partial charge in [-0.1, -0.05) is 30.3 Å². The van der Waals surface area contributed by atoms with Gasteiger partial charge in [-0.3, -0.25) is 4.79 Å². The monoisotopic (exact) mass is 258 g/mol. The second kappa shape index (κ2) is 6.32. The summed E-state index contributed by atoms with van der Waals surface area (Å²) in [6.45, 7) is 2.15. The van der Waals surface area contributed by atoms with Gasteiger partial charge in [0.15, 0.2) is 0 Å². The lowest BCUT2D eigenvalue weighted by atomic mass is 9.91. The average molecular weight is 258 g/mol. The summed E-state index contributed by atoms with van der Waals surface area (Å²) in [7, 11) is 0. The van der Waals surface area contributed by atoms with Crippen LogP contribution in [-0.2, 0) is 14.3 Å². The van der Waals surface area contributed by atoms with Crippen molar-refractivity contribution < 1.29 is 14.3 Å². The molecule has 0 saturated heterocycles. The van der Waals surface area contributed by atoms with Gasteiger partial charge in [0.05, 0.1) is 6.61 Å². The van der Waals surface area contributed by atoms with Crippen molar-refractivity contribution in [2.24, 2.45) is 5.92 Å². The SMILES string of the molecule is CCOC(=O)/C=C(\c1ccccc1)[C@H]1CCC(=O)C1. The molecule has 1 aliphatic rings. The van der Waals surface area contributed by atoms with E-state index in [2.05, 4.69) is 0 Å². The Bertz CT molecular complexity index is 488. The molecule has 0 aromatic heterocycles. The maximum absolute atomic E-state index is 11.7. The molecule has 1 aromatic rings. The molecular weight excluding hydrogens is 240 g/mol. The van der Waals surface area contributed by atoms with Crippen LogP contribution < -0.4 is 0 Å². The van der Waals surface area contributed by atoms with Crippen molar-refractivity contribution in [1.82, 2.24) is 0 Å². The van der Waals surface area contributed by atoms with Crippen molar-refractivity contribution in [3.8, 4) is 0 Å². The Morgan fingerprint density at radius 3 is 2.68 bits per heavy atom. The number of benzene rings is 1. The van der Waals surface area contributed by atoms with Gasteiger partial charge in [0.1, 0.15) is 5.78 Å². The van der Waals surface area contributed by atoms with E-state index in [1.165, 1.54) is 0 Å². The molecule has 1 aromatic carbocycles. The van der Waals surface area contributed by atoms with E-state index in [4.69, 9.17) is 4.74 Å². The van der Waals surface area contributed by atoms with Crippen molar-refractivity contribution in [2.75, 3.05) is 6.61 Å². The van der Waals surface area contributed by atoms with Gasteiger partial charge in [0, 0.05) is 18.9 Å². The number of rotatable bonds is 4. The van der Waals surface area contributed by atoms with E-state index < -0.39 is 0 Å². The van der Waals surface area contributed by atoms with Crippen molar-refractivity contribution in [3.05, 3.63) is 42.0 Å². The lowest BCUT2D eigenvalue weighted by Gasteiger charge is -2.14. The minimum absolute atomic E-state index is 0.138. The van der Waals surface area contributed by atoms with E-state index in [0.717, 1.165) is 17.6 Å². The zero-order valence-corrected chi connectivity index (χ0v) is 11.1. The Hall–Kier alpha value is -1.90.